The van der Waals surface area contributed by atoms with E-state index in [1.165, 1.54) is 0 Å². The summed E-state index contributed by atoms with van der Waals surface area (Å²) in [6.07, 6.45) is 0. The third-order valence-electron chi connectivity index (χ3n) is 1.77. The summed E-state index contributed by atoms with van der Waals surface area (Å²) in [7, 11) is 0. The summed E-state index contributed by atoms with van der Waals surface area (Å²) in [5, 5.41) is 11.2. The van der Waals surface area contributed by atoms with Gasteiger partial charge in [-0.1, -0.05) is 12.1 Å². The van der Waals surface area contributed by atoms with Crippen LogP contribution in [0.25, 0.3) is 10.8 Å². The van der Waals surface area contributed by atoms with Crippen molar-refractivity contribution in [3.8, 4) is 5.75 Å². The first-order valence-corrected chi connectivity index (χ1v) is 4.04. The zero-order chi connectivity index (χ0) is 8.55. The van der Waals surface area contributed by atoms with Gasteiger partial charge in [-0.25, -0.2) is 0 Å². The number of thiol groups is 1. The van der Waals surface area contributed by atoms with Crippen LogP contribution < -0.4 is 0 Å². The molecule has 2 heteroatoms. The number of aromatic hydroxyl groups is 1. The molecule has 1 N–H and O–H groups in total. The molecule has 0 amide bonds. The van der Waals surface area contributed by atoms with E-state index in [0.29, 0.717) is 0 Å². The third-order valence-corrected chi connectivity index (χ3v) is 2.14. The molecule has 1 radical (unpaired) electrons. The maximum absolute atomic E-state index is 9.19. The van der Waals surface area contributed by atoms with Gasteiger partial charge in [0.15, 0.2) is 0 Å². The molecule has 59 valence electrons. The molecule has 0 aliphatic rings. The summed E-state index contributed by atoms with van der Waals surface area (Å²) in [6.45, 7) is 0. The Labute approximate surface area is 76.1 Å². The maximum Gasteiger partial charge on any atom is 0.116 e. The fraction of sp³-hybridized carbons (Fsp3) is 0. The number of benzene rings is 2. The monoisotopic (exact) mass is 175 g/mol. The second-order valence-corrected chi connectivity index (χ2v) is 3.05. The molecule has 0 fully saturated rings. The van der Waals surface area contributed by atoms with E-state index in [0.717, 1.165) is 15.7 Å². The molecule has 2 aromatic carbocycles. The minimum atomic E-state index is 0.279. The molecule has 2 aromatic rings. The molecule has 2 rings (SSSR count). The van der Waals surface area contributed by atoms with Crippen molar-refractivity contribution in [3.05, 3.63) is 36.4 Å². The molecule has 0 saturated heterocycles. The van der Waals surface area contributed by atoms with Gasteiger partial charge < -0.3 is 5.11 Å². The van der Waals surface area contributed by atoms with Crippen LogP contribution in [-0.2, 0) is 0 Å². The lowest BCUT2D eigenvalue weighted by atomic mass is 10.1. The van der Waals surface area contributed by atoms with Gasteiger partial charge in [0.2, 0.25) is 0 Å². The van der Waals surface area contributed by atoms with E-state index in [1.54, 1.807) is 18.2 Å². The topological polar surface area (TPSA) is 20.2 Å². The number of fused-ring (bicyclic) bond motifs is 1. The predicted molar refractivity (Wildman–Crippen MR) is 51.7 cm³/mol. The largest absolute Gasteiger partial charge is 0.508 e. The van der Waals surface area contributed by atoms with Gasteiger partial charge in [0, 0.05) is 4.90 Å². The van der Waals surface area contributed by atoms with Crippen molar-refractivity contribution in [1.82, 2.24) is 0 Å². The fourth-order valence-electron chi connectivity index (χ4n) is 1.19. The van der Waals surface area contributed by atoms with Gasteiger partial charge in [0.25, 0.3) is 0 Å². The Bertz CT molecular complexity index is 423. The molecule has 0 spiro atoms. The highest BCUT2D eigenvalue weighted by atomic mass is 32.1. The number of hydrogen-bond acceptors (Lipinski definition) is 2. The lowest BCUT2D eigenvalue weighted by Gasteiger charge is -1.99. The van der Waals surface area contributed by atoms with Crippen LogP contribution in [0.15, 0.2) is 35.2 Å². The second-order valence-electron chi connectivity index (χ2n) is 2.60. The van der Waals surface area contributed by atoms with Crippen molar-refractivity contribution in [2.24, 2.45) is 0 Å². The molecule has 0 bridgehead atoms. The quantitative estimate of drug-likeness (QED) is 0.590. The first-order chi connectivity index (χ1) is 5.77. The van der Waals surface area contributed by atoms with Crippen LogP contribution in [0.1, 0.15) is 0 Å². The highest BCUT2D eigenvalue weighted by Crippen LogP contribution is 2.24. The van der Waals surface area contributed by atoms with Crippen molar-refractivity contribution < 1.29 is 5.11 Å². The van der Waals surface area contributed by atoms with Gasteiger partial charge in [-0.2, -0.15) is 0 Å². The van der Waals surface area contributed by atoms with Gasteiger partial charge >= 0.3 is 0 Å². The van der Waals surface area contributed by atoms with Crippen LogP contribution in [0, 0.1) is 6.07 Å². The van der Waals surface area contributed by atoms with E-state index in [-0.39, 0.29) is 5.75 Å². The van der Waals surface area contributed by atoms with Crippen molar-refractivity contribution >= 4 is 23.4 Å². The minimum absolute atomic E-state index is 0.279. The van der Waals surface area contributed by atoms with Crippen molar-refractivity contribution in [2.45, 2.75) is 4.90 Å². The fourth-order valence-corrected chi connectivity index (χ4v) is 1.47. The predicted octanol–water partition coefficient (Wildman–Crippen LogP) is 2.63. The van der Waals surface area contributed by atoms with E-state index in [9.17, 15) is 5.11 Å². The van der Waals surface area contributed by atoms with Gasteiger partial charge in [0.05, 0.1) is 0 Å². The molecule has 12 heavy (non-hydrogen) atoms. The summed E-state index contributed by atoms with van der Waals surface area (Å²) in [6, 6.07) is 11.9. The number of phenolic OH excluding ortho intramolecular Hbond substituents is 1. The maximum atomic E-state index is 9.19. The zero-order valence-corrected chi connectivity index (χ0v) is 7.18. The first-order valence-electron chi connectivity index (χ1n) is 3.60. The molecule has 0 unspecified atom stereocenters. The van der Waals surface area contributed by atoms with Crippen molar-refractivity contribution in [1.29, 1.82) is 0 Å². The highest BCUT2D eigenvalue weighted by molar-refractivity contribution is 7.80. The van der Waals surface area contributed by atoms with Crippen LogP contribution in [0.5, 0.6) is 5.75 Å². The Kier molecular flexibility index (Phi) is 1.70. The Morgan fingerprint density at radius 2 is 2.08 bits per heavy atom. The lowest BCUT2D eigenvalue weighted by molar-refractivity contribution is 0.476. The Morgan fingerprint density at radius 3 is 2.92 bits per heavy atom. The Morgan fingerprint density at radius 1 is 1.25 bits per heavy atom. The summed E-state index contributed by atoms with van der Waals surface area (Å²) in [4.78, 5) is 0.812. The molecule has 0 aromatic heterocycles. The lowest BCUT2D eigenvalue weighted by Crippen LogP contribution is -1.74. The van der Waals surface area contributed by atoms with Gasteiger partial charge in [-0.05, 0) is 35.0 Å². The SMILES string of the molecule is Oc1ccc2c(S)[c]ccc2c1. The zero-order valence-electron chi connectivity index (χ0n) is 6.28. The molecule has 0 aliphatic heterocycles. The van der Waals surface area contributed by atoms with Crippen molar-refractivity contribution in [3.63, 3.8) is 0 Å². The minimum Gasteiger partial charge on any atom is -0.508 e. The molecule has 0 aliphatic carbocycles. The average molecular weight is 175 g/mol. The molecule has 0 heterocycles. The third kappa shape index (κ3) is 1.14. The van der Waals surface area contributed by atoms with Crippen LogP contribution in [-0.4, -0.2) is 5.11 Å². The highest BCUT2D eigenvalue weighted by Gasteiger charge is 1.97. The van der Waals surface area contributed by atoms with Gasteiger partial charge in [0.1, 0.15) is 5.75 Å². The van der Waals surface area contributed by atoms with Gasteiger partial charge in [-0.3, -0.25) is 0 Å². The summed E-state index contributed by atoms with van der Waals surface area (Å²) in [5.74, 6) is 0.279. The van der Waals surface area contributed by atoms with E-state index >= 15 is 0 Å². The number of phenols is 1. The summed E-state index contributed by atoms with van der Waals surface area (Å²) >= 11 is 4.25. The standard InChI is InChI=1S/C10H7OS/c11-8-4-5-9-7(6-8)2-1-3-10(9)12/h1-2,4-6,11-12H. The van der Waals surface area contributed by atoms with E-state index < -0.39 is 0 Å². The first kappa shape index (κ1) is 7.50. The van der Waals surface area contributed by atoms with Crippen LogP contribution in [0.2, 0.25) is 0 Å². The molecule has 1 nitrogen and oxygen atoms in total. The Hall–Kier alpha value is -1.15. The van der Waals surface area contributed by atoms with E-state index in [2.05, 4.69) is 18.7 Å². The van der Waals surface area contributed by atoms with Crippen LogP contribution in [0.4, 0.5) is 0 Å². The van der Waals surface area contributed by atoms with Crippen LogP contribution >= 0.6 is 12.6 Å². The normalized spacial score (nSPS) is 10.4. The summed E-state index contributed by atoms with van der Waals surface area (Å²) < 4.78 is 0. The number of hydrogen-bond donors (Lipinski definition) is 2. The Balaban J connectivity index is 2.86. The second kappa shape index (κ2) is 2.72. The van der Waals surface area contributed by atoms with E-state index in [1.807, 2.05) is 12.1 Å². The molecular weight excluding hydrogens is 168 g/mol. The molecular formula is C10H7OS. The van der Waals surface area contributed by atoms with E-state index in [4.69, 9.17) is 0 Å². The van der Waals surface area contributed by atoms with Gasteiger partial charge in [-0.15, -0.1) is 12.6 Å². The summed E-state index contributed by atoms with van der Waals surface area (Å²) in [5.41, 5.74) is 0. The van der Waals surface area contributed by atoms with Crippen molar-refractivity contribution in [2.75, 3.05) is 0 Å². The average Bonchev–Trinajstić information content (AvgIpc) is 2.04. The van der Waals surface area contributed by atoms with Crippen LogP contribution in [0.3, 0.4) is 0 Å². The number of rotatable bonds is 0. The smallest absolute Gasteiger partial charge is 0.116 e. The molecule has 0 atom stereocenters. The molecule has 0 saturated carbocycles.